The number of hydrogen-bond acceptors (Lipinski definition) is 5. The molecule has 2 rings (SSSR count). The van der Waals surface area contributed by atoms with Gasteiger partial charge in [0.15, 0.2) is 11.6 Å². The standard InChI is InChI=1S/C8H9IN6/c1-2-4-5(9)6(10)14-8(13-4)7-11-3-12-15-7/h3H,2H2,1H3,(H2,10,13,14)(H,11,12,15). The molecule has 2 aromatic heterocycles. The van der Waals surface area contributed by atoms with Crippen LogP contribution in [0.5, 0.6) is 0 Å². The van der Waals surface area contributed by atoms with E-state index in [2.05, 4.69) is 47.7 Å². The molecule has 6 nitrogen and oxygen atoms in total. The maximum absolute atomic E-state index is 5.78. The topological polar surface area (TPSA) is 93.4 Å². The van der Waals surface area contributed by atoms with Gasteiger partial charge in [0.25, 0.3) is 0 Å². The molecule has 0 aliphatic rings. The second-order valence-electron chi connectivity index (χ2n) is 2.88. The first-order valence-electron chi connectivity index (χ1n) is 4.40. The average Bonchev–Trinajstić information content (AvgIpc) is 2.75. The lowest BCUT2D eigenvalue weighted by molar-refractivity contribution is 0.976. The van der Waals surface area contributed by atoms with Crippen LogP contribution in [-0.2, 0) is 6.42 Å². The van der Waals surface area contributed by atoms with Crippen LogP contribution in [0.25, 0.3) is 11.6 Å². The number of nitrogens with two attached hydrogens (primary N) is 1. The number of aromatic nitrogens is 5. The summed E-state index contributed by atoms with van der Waals surface area (Å²) in [6.07, 6.45) is 2.23. The zero-order valence-electron chi connectivity index (χ0n) is 8.03. The predicted octanol–water partition coefficient (Wildman–Crippen LogP) is 1.01. The molecule has 0 unspecified atom stereocenters. The van der Waals surface area contributed by atoms with Crippen LogP contribution in [0.4, 0.5) is 5.82 Å². The fourth-order valence-electron chi connectivity index (χ4n) is 1.17. The number of halogens is 1. The third-order valence-corrected chi connectivity index (χ3v) is 3.08. The fraction of sp³-hybridized carbons (Fsp3) is 0.250. The molecule has 15 heavy (non-hydrogen) atoms. The van der Waals surface area contributed by atoms with Gasteiger partial charge in [-0.3, -0.25) is 5.10 Å². The highest BCUT2D eigenvalue weighted by Gasteiger charge is 2.11. The predicted molar refractivity (Wildman–Crippen MR) is 63.9 cm³/mol. The fourth-order valence-corrected chi connectivity index (χ4v) is 1.79. The molecule has 0 bridgehead atoms. The van der Waals surface area contributed by atoms with Crippen LogP contribution < -0.4 is 5.73 Å². The molecule has 0 radical (unpaired) electrons. The van der Waals surface area contributed by atoms with E-state index in [0.717, 1.165) is 15.7 Å². The maximum atomic E-state index is 5.78. The molecule has 0 fully saturated rings. The van der Waals surface area contributed by atoms with Gasteiger partial charge in [-0.2, -0.15) is 5.10 Å². The van der Waals surface area contributed by atoms with Crippen molar-refractivity contribution in [2.45, 2.75) is 13.3 Å². The van der Waals surface area contributed by atoms with Crippen LogP contribution in [0.15, 0.2) is 6.33 Å². The smallest absolute Gasteiger partial charge is 0.199 e. The largest absolute Gasteiger partial charge is 0.383 e. The van der Waals surface area contributed by atoms with Crippen LogP contribution >= 0.6 is 22.6 Å². The second-order valence-corrected chi connectivity index (χ2v) is 3.96. The van der Waals surface area contributed by atoms with Gasteiger partial charge >= 0.3 is 0 Å². The van der Waals surface area contributed by atoms with Crippen molar-refractivity contribution in [1.82, 2.24) is 25.1 Å². The zero-order chi connectivity index (χ0) is 10.8. The number of nitrogens with zero attached hydrogens (tertiary/aromatic N) is 4. The molecule has 0 saturated carbocycles. The van der Waals surface area contributed by atoms with Crippen molar-refractivity contribution in [2.24, 2.45) is 0 Å². The summed E-state index contributed by atoms with van der Waals surface area (Å²) in [6.45, 7) is 2.02. The Morgan fingerprint density at radius 3 is 2.87 bits per heavy atom. The van der Waals surface area contributed by atoms with E-state index in [0.29, 0.717) is 17.5 Å². The van der Waals surface area contributed by atoms with E-state index >= 15 is 0 Å². The van der Waals surface area contributed by atoms with Crippen molar-refractivity contribution in [3.8, 4) is 11.6 Å². The average molecular weight is 316 g/mol. The summed E-state index contributed by atoms with van der Waals surface area (Å²) in [4.78, 5) is 12.5. The normalized spacial score (nSPS) is 10.5. The SMILES string of the molecule is CCc1nc(-c2ncn[nH]2)nc(N)c1I. The number of hydrogen-bond donors (Lipinski definition) is 2. The minimum absolute atomic E-state index is 0.480. The van der Waals surface area contributed by atoms with Crippen LogP contribution in [0.1, 0.15) is 12.6 Å². The summed E-state index contributed by atoms with van der Waals surface area (Å²) >= 11 is 2.14. The number of anilines is 1. The van der Waals surface area contributed by atoms with E-state index < -0.39 is 0 Å². The van der Waals surface area contributed by atoms with Gasteiger partial charge in [0.2, 0.25) is 0 Å². The highest BCUT2D eigenvalue weighted by molar-refractivity contribution is 14.1. The van der Waals surface area contributed by atoms with Gasteiger partial charge in [-0.15, -0.1) is 0 Å². The van der Waals surface area contributed by atoms with Crippen molar-refractivity contribution < 1.29 is 0 Å². The molecular formula is C8H9IN6. The lowest BCUT2D eigenvalue weighted by atomic mass is 10.3. The van der Waals surface area contributed by atoms with Crippen molar-refractivity contribution >= 4 is 28.4 Å². The minimum atomic E-state index is 0.480. The van der Waals surface area contributed by atoms with Crippen LogP contribution in [-0.4, -0.2) is 25.1 Å². The van der Waals surface area contributed by atoms with E-state index in [9.17, 15) is 0 Å². The van der Waals surface area contributed by atoms with E-state index in [4.69, 9.17) is 5.73 Å². The Morgan fingerprint density at radius 1 is 1.47 bits per heavy atom. The monoisotopic (exact) mass is 316 g/mol. The summed E-state index contributed by atoms with van der Waals surface area (Å²) in [5.74, 6) is 1.50. The Hall–Kier alpha value is -1.25. The number of aryl methyl sites for hydroxylation is 1. The van der Waals surface area contributed by atoms with Gasteiger partial charge in [-0.05, 0) is 29.0 Å². The molecule has 7 heteroatoms. The van der Waals surface area contributed by atoms with E-state index in [-0.39, 0.29) is 0 Å². The minimum Gasteiger partial charge on any atom is -0.383 e. The molecule has 78 valence electrons. The third kappa shape index (κ3) is 1.91. The molecule has 2 heterocycles. The summed E-state index contributed by atoms with van der Waals surface area (Å²) in [5.41, 5.74) is 6.71. The van der Waals surface area contributed by atoms with Gasteiger partial charge in [0, 0.05) is 0 Å². The molecule has 0 saturated heterocycles. The number of aromatic amines is 1. The molecule has 0 amide bonds. The van der Waals surface area contributed by atoms with Crippen molar-refractivity contribution in [3.63, 3.8) is 0 Å². The highest BCUT2D eigenvalue weighted by atomic mass is 127. The number of rotatable bonds is 2. The second kappa shape index (κ2) is 4.09. The van der Waals surface area contributed by atoms with Crippen LogP contribution in [0.3, 0.4) is 0 Å². The summed E-state index contributed by atoms with van der Waals surface area (Å²) in [5, 5.41) is 6.45. The maximum Gasteiger partial charge on any atom is 0.199 e. The van der Waals surface area contributed by atoms with Crippen molar-refractivity contribution in [2.75, 3.05) is 5.73 Å². The van der Waals surface area contributed by atoms with Gasteiger partial charge < -0.3 is 5.73 Å². The van der Waals surface area contributed by atoms with Gasteiger partial charge in [-0.25, -0.2) is 15.0 Å². The lowest BCUT2D eigenvalue weighted by Crippen LogP contribution is -2.04. The van der Waals surface area contributed by atoms with Crippen molar-refractivity contribution in [3.05, 3.63) is 15.6 Å². The Labute approximate surface area is 99.9 Å². The first-order chi connectivity index (χ1) is 7.22. The number of nitrogens with one attached hydrogen (secondary N) is 1. The lowest BCUT2D eigenvalue weighted by Gasteiger charge is -2.05. The first-order valence-corrected chi connectivity index (χ1v) is 5.48. The van der Waals surface area contributed by atoms with Crippen LogP contribution in [0.2, 0.25) is 0 Å². The Morgan fingerprint density at radius 2 is 2.27 bits per heavy atom. The summed E-state index contributed by atoms with van der Waals surface area (Å²) < 4.78 is 0.901. The number of nitrogen functional groups attached to an aromatic ring is 1. The van der Waals surface area contributed by atoms with Gasteiger partial charge in [0.05, 0.1) is 9.26 Å². The zero-order valence-corrected chi connectivity index (χ0v) is 10.2. The van der Waals surface area contributed by atoms with Crippen molar-refractivity contribution in [1.29, 1.82) is 0 Å². The molecule has 3 N–H and O–H groups in total. The quantitative estimate of drug-likeness (QED) is 0.807. The van der Waals surface area contributed by atoms with Gasteiger partial charge in [-0.1, -0.05) is 6.92 Å². The molecular weight excluding hydrogens is 307 g/mol. The summed E-state index contributed by atoms with van der Waals surface area (Å²) in [7, 11) is 0. The van der Waals surface area contributed by atoms with Gasteiger partial charge in [0.1, 0.15) is 12.1 Å². The first kappa shape index (κ1) is 10.3. The van der Waals surface area contributed by atoms with E-state index in [1.54, 1.807) is 0 Å². The Bertz CT molecular complexity index is 466. The van der Waals surface area contributed by atoms with E-state index in [1.165, 1.54) is 6.33 Å². The molecule has 0 atom stereocenters. The number of H-pyrrole nitrogens is 1. The van der Waals surface area contributed by atoms with Crippen LogP contribution in [0, 0.1) is 3.57 Å². The van der Waals surface area contributed by atoms with E-state index in [1.807, 2.05) is 6.92 Å². The molecule has 0 aliphatic carbocycles. The molecule has 0 spiro atoms. The molecule has 2 aromatic rings. The Balaban J connectivity index is 2.55. The Kier molecular flexibility index (Phi) is 2.80. The third-order valence-electron chi connectivity index (χ3n) is 1.91. The summed E-state index contributed by atoms with van der Waals surface area (Å²) in [6, 6.07) is 0. The molecule has 0 aliphatic heterocycles. The molecule has 0 aromatic carbocycles. The highest BCUT2D eigenvalue weighted by Crippen LogP contribution is 2.19.